The Morgan fingerprint density at radius 2 is 2.14 bits per heavy atom. The summed E-state index contributed by atoms with van der Waals surface area (Å²) in [5.74, 6) is 1.22. The number of halogens is 1. The van der Waals surface area contributed by atoms with Crippen molar-refractivity contribution in [3.63, 3.8) is 0 Å². The molecular weight excluding hydrogens is 282 g/mol. The maximum atomic E-state index is 11.5. The van der Waals surface area contributed by atoms with Crippen molar-refractivity contribution in [2.75, 3.05) is 13.1 Å². The highest BCUT2D eigenvalue weighted by Gasteiger charge is 2.39. The summed E-state index contributed by atoms with van der Waals surface area (Å²) in [5.41, 5.74) is 0.271. The second-order valence-corrected chi connectivity index (χ2v) is 7.25. The predicted octanol–water partition coefficient (Wildman–Crippen LogP) is 4.11. The summed E-state index contributed by atoms with van der Waals surface area (Å²) in [6.45, 7) is 1.98. The lowest BCUT2D eigenvalue weighted by atomic mass is 9.74. The number of benzene rings is 1. The highest BCUT2D eigenvalue weighted by atomic mass is 35.5. The molecule has 3 rings (SSSR count). The Labute approximate surface area is 132 Å². The van der Waals surface area contributed by atoms with E-state index in [2.05, 4.69) is 5.32 Å². The SMILES string of the molecule is O[C@](CCCC1CC1)(c1cccc(Cl)c1)[C@@H]1CCCNC1. The highest BCUT2D eigenvalue weighted by Crippen LogP contribution is 2.41. The van der Waals surface area contributed by atoms with Crippen LogP contribution in [0.1, 0.15) is 50.5 Å². The predicted molar refractivity (Wildman–Crippen MR) is 87.5 cm³/mol. The first-order chi connectivity index (χ1) is 10.2. The zero-order valence-corrected chi connectivity index (χ0v) is 13.4. The van der Waals surface area contributed by atoms with E-state index in [4.69, 9.17) is 11.6 Å². The van der Waals surface area contributed by atoms with E-state index in [9.17, 15) is 5.11 Å². The van der Waals surface area contributed by atoms with E-state index < -0.39 is 5.60 Å². The average Bonchev–Trinajstić information content (AvgIpc) is 3.32. The molecule has 1 aromatic carbocycles. The molecule has 2 N–H and O–H groups in total. The van der Waals surface area contributed by atoms with Crippen LogP contribution in [0.15, 0.2) is 24.3 Å². The summed E-state index contributed by atoms with van der Waals surface area (Å²) in [4.78, 5) is 0. The fourth-order valence-electron chi connectivity index (χ4n) is 3.67. The average molecular weight is 308 g/mol. The monoisotopic (exact) mass is 307 g/mol. The lowest BCUT2D eigenvalue weighted by Crippen LogP contribution is -2.44. The molecule has 2 fully saturated rings. The molecule has 0 unspecified atom stereocenters. The van der Waals surface area contributed by atoms with Gasteiger partial charge in [0, 0.05) is 17.5 Å². The molecule has 3 heteroatoms. The van der Waals surface area contributed by atoms with Gasteiger partial charge in [0.2, 0.25) is 0 Å². The van der Waals surface area contributed by atoms with E-state index in [0.29, 0.717) is 5.92 Å². The van der Waals surface area contributed by atoms with Crippen LogP contribution in [-0.4, -0.2) is 18.2 Å². The zero-order valence-electron chi connectivity index (χ0n) is 12.7. The molecule has 1 aliphatic heterocycles. The van der Waals surface area contributed by atoms with Crippen LogP contribution < -0.4 is 5.32 Å². The standard InChI is InChI=1S/C18H26ClNO/c19-17-7-1-5-15(12-17)18(21,10-2-4-14-8-9-14)16-6-3-11-20-13-16/h1,5,7,12,14,16,20-21H,2-4,6,8-11,13H2/t16-,18-/m1/s1. The number of hydrogen-bond acceptors (Lipinski definition) is 2. The number of nitrogens with one attached hydrogen (secondary N) is 1. The Balaban J connectivity index is 1.77. The minimum absolute atomic E-state index is 0.295. The van der Waals surface area contributed by atoms with Crippen molar-refractivity contribution in [2.24, 2.45) is 11.8 Å². The first-order valence-electron chi connectivity index (χ1n) is 8.37. The lowest BCUT2D eigenvalue weighted by molar-refractivity contribution is -0.0428. The molecule has 2 nitrogen and oxygen atoms in total. The maximum Gasteiger partial charge on any atom is 0.0937 e. The molecule has 1 heterocycles. The third-order valence-electron chi connectivity index (χ3n) is 5.16. The highest BCUT2D eigenvalue weighted by molar-refractivity contribution is 6.30. The fourth-order valence-corrected chi connectivity index (χ4v) is 3.86. The Morgan fingerprint density at radius 1 is 1.29 bits per heavy atom. The Bertz CT molecular complexity index is 468. The molecule has 2 atom stereocenters. The van der Waals surface area contributed by atoms with Crippen LogP contribution in [-0.2, 0) is 5.60 Å². The van der Waals surface area contributed by atoms with Crippen LogP contribution in [0.25, 0.3) is 0 Å². The molecule has 1 saturated carbocycles. The molecule has 0 spiro atoms. The quantitative estimate of drug-likeness (QED) is 0.829. The zero-order chi connectivity index (χ0) is 14.7. The van der Waals surface area contributed by atoms with Crippen LogP contribution in [0.4, 0.5) is 0 Å². The van der Waals surface area contributed by atoms with Crippen molar-refractivity contribution in [3.05, 3.63) is 34.9 Å². The Morgan fingerprint density at radius 3 is 2.81 bits per heavy atom. The van der Waals surface area contributed by atoms with Crippen LogP contribution >= 0.6 is 11.6 Å². The minimum atomic E-state index is -0.729. The van der Waals surface area contributed by atoms with E-state index in [1.165, 1.54) is 19.3 Å². The second kappa shape index (κ2) is 6.68. The van der Waals surface area contributed by atoms with Crippen molar-refractivity contribution in [3.8, 4) is 0 Å². The van der Waals surface area contributed by atoms with Gasteiger partial charge < -0.3 is 10.4 Å². The molecule has 0 amide bonds. The Hall–Kier alpha value is -0.570. The van der Waals surface area contributed by atoms with Crippen molar-refractivity contribution < 1.29 is 5.11 Å². The summed E-state index contributed by atoms with van der Waals surface area (Å²) >= 11 is 6.16. The molecule has 2 aliphatic rings. The van der Waals surface area contributed by atoms with Gasteiger partial charge in [0.25, 0.3) is 0 Å². The van der Waals surface area contributed by atoms with Gasteiger partial charge in [-0.15, -0.1) is 0 Å². The molecule has 0 aromatic heterocycles. The number of piperidine rings is 1. The van der Waals surface area contributed by atoms with Crippen LogP contribution in [0.5, 0.6) is 0 Å². The van der Waals surface area contributed by atoms with Gasteiger partial charge in [0.05, 0.1) is 5.60 Å². The third-order valence-corrected chi connectivity index (χ3v) is 5.40. The summed E-state index contributed by atoms with van der Waals surface area (Å²) in [7, 11) is 0. The topological polar surface area (TPSA) is 32.3 Å². The molecule has 116 valence electrons. The van der Waals surface area contributed by atoms with E-state index in [1.807, 2.05) is 24.3 Å². The fraction of sp³-hybridized carbons (Fsp3) is 0.667. The number of rotatable bonds is 6. The maximum absolute atomic E-state index is 11.5. The number of aliphatic hydroxyl groups is 1. The van der Waals surface area contributed by atoms with Gasteiger partial charge in [-0.25, -0.2) is 0 Å². The van der Waals surface area contributed by atoms with Gasteiger partial charge >= 0.3 is 0 Å². The first kappa shape index (κ1) is 15.3. The summed E-state index contributed by atoms with van der Waals surface area (Å²) in [5, 5.41) is 15.6. The molecule has 1 saturated heterocycles. The minimum Gasteiger partial charge on any atom is -0.385 e. The normalized spacial score (nSPS) is 25.5. The molecular formula is C18H26ClNO. The van der Waals surface area contributed by atoms with Crippen molar-refractivity contribution in [1.29, 1.82) is 0 Å². The van der Waals surface area contributed by atoms with Crippen LogP contribution in [0, 0.1) is 11.8 Å². The van der Waals surface area contributed by atoms with Crippen molar-refractivity contribution in [2.45, 2.75) is 50.5 Å². The van der Waals surface area contributed by atoms with Crippen molar-refractivity contribution >= 4 is 11.6 Å². The summed E-state index contributed by atoms with van der Waals surface area (Å²) in [6, 6.07) is 7.83. The van der Waals surface area contributed by atoms with E-state index in [1.54, 1.807) is 0 Å². The second-order valence-electron chi connectivity index (χ2n) is 6.81. The number of hydrogen-bond donors (Lipinski definition) is 2. The summed E-state index contributed by atoms with van der Waals surface area (Å²) in [6.07, 6.45) is 8.26. The van der Waals surface area contributed by atoms with Gasteiger partial charge in [-0.2, -0.15) is 0 Å². The summed E-state index contributed by atoms with van der Waals surface area (Å²) < 4.78 is 0. The van der Waals surface area contributed by atoms with Crippen molar-refractivity contribution in [1.82, 2.24) is 5.32 Å². The van der Waals surface area contributed by atoms with E-state index in [-0.39, 0.29) is 0 Å². The smallest absolute Gasteiger partial charge is 0.0937 e. The molecule has 21 heavy (non-hydrogen) atoms. The molecule has 1 aliphatic carbocycles. The first-order valence-corrected chi connectivity index (χ1v) is 8.75. The molecule has 1 aromatic rings. The van der Waals surface area contributed by atoms with Gasteiger partial charge in [0.15, 0.2) is 0 Å². The van der Waals surface area contributed by atoms with Gasteiger partial charge in [-0.1, -0.05) is 43.0 Å². The Kier molecular flexibility index (Phi) is 4.88. The largest absolute Gasteiger partial charge is 0.385 e. The van der Waals surface area contributed by atoms with Crippen LogP contribution in [0.3, 0.4) is 0 Å². The van der Waals surface area contributed by atoms with E-state index >= 15 is 0 Å². The molecule has 0 bridgehead atoms. The van der Waals surface area contributed by atoms with Gasteiger partial charge in [-0.05, 0) is 55.8 Å². The van der Waals surface area contributed by atoms with E-state index in [0.717, 1.165) is 55.3 Å². The van der Waals surface area contributed by atoms with Crippen LogP contribution in [0.2, 0.25) is 5.02 Å². The molecule has 0 radical (unpaired) electrons. The lowest BCUT2D eigenvalue weighted by Gasteiger charge is -2.39. The third kappa shape index (κ3) is 3.80. The van der Waals surface area contributed by atoms with Gasteiger partial charge in [0.1, 0.15) is 0 Å². The van der Waals surface area contributed by atoms with Gasteiger partial charge in [-0.3, -0.25) is 0 Å².